The first-order chi connectivity index (χ1) is 16.1. The fourth-order valence-electron chi connectivity index (χ4n) is 4.82. The summed E-state index contributed by atoms with van der Waals surface area (Å²) in [7, 11) is 4.79. The van der Waals surface area contributed by atoms with E-state index < -0.39 is 5.92 Å². The number of hydrogen-bond acceptors (Lipinski definition) is 7. The van der Waals surface area contributed by atoms with Crippen molar-refractivity contribution in [3.63, 3.8) is 0 Å². The van der Waals surface area contributed by atoms with E-state index in [2.05, 4.69) is 28.2 Å². The number of allylic oxidation sites excluding steroid dienone is 1. The minimum Gasteiger partial charge on any atom is -0.493 e. The molecule has 7 heteroatoms. The predicted molar refractivity (Wildman–Crippen MR) is 131 cm³/mol. The van der Waals surface area contributed by atoms with Crippen molar-refractivity contribution < 1.29 is 19.0 Å². The smallest absolute Gasteiger partial charge is 0.203 e. The lowest BCUT2D eigenvalue weighted by Gasteiger charge is -2.33. The fourth-order valence-corrected chi connectivity index (χ4v) is 5.61. The van der Waals surface area contributed by atoms with E-state index in [9.17, 15) is 4.79 Å². The van der Waals surface area contributed by atoms with Gasteiger partial charge in [0.1, 0.15) is 5.78 Å². The van der Waals surface area contributed by atoms with E-state index in [1.165, 1.54) is 4.88 Å². The monoisotopic (exact) mass is 462 g/mol. The zero-order valence-electron chi connectivity index (χ0n) is 18.8. The molecule has 2 heterocycles. The number of ketones is 1. The summed E-state index contributed by atoms with van der Waals surface area (Å²) in [6, 6.07) is 15.6. The molecule has 0 bridgehead atoms. The third-order valence-corrected chi connectivity index (χ3v) is 7.32. The molecule has 0 saturated heterocycles. The highest BCUT2D eigenvalue weighted by atomic mass is 32.1. The topological polar surface area (TPSA) is 68.8 Å². The molecule has 170 valence electrons. The van der Waals surface area contributed by atoms with Crippen LogP contribution in [0.25, 0.3) is 0 Å². The van der Waals surface area contributed by atoms with Gasteiger partial charge in [-0.3, -0.25) is 4.79 Å². The Morgan fingerprint density at radius 1 is 0.909 bits per heavy atom. The van der Waals surface area contributed by atoms with Gasteiger partial charge in [-0.15, -0.1) is 11.3 Å². The van der Waals surface area contributed by atoms with Crippen LogP contribution in [-0.4, -0.2) is 27.1 Å². The van der Waals surface area contributed by atoms with Gasteiger partial charge in [-0.2, -0.15) is 0 Å². The first kappa shape index (κ1) is 21.4. The highest BCUT2D eigenvalue weighted by molar-refractivity contribution is 7.10. The molecule has 6 nitrogen and oxygen atoms in total. The molecule has 2 N–H and O–H groups in total. The van der Waals surface area contributed by atoms with E-state index in [1.807, 2.05) is 42.5 Å². The van der Waals surface area contributed by atoms with Crippen LogP contribution in [0, 0.1) is 5.92 Å². The van der Waals surface area contributed by atoms with Crippen LogP contribution in [-0.2, 0) is 4.79 Å². The summed E-state index contributed by atoms with van der Waals surface area (Å²) in [6.45, 7) is 0. The van der Waals surface area contributed by atoms with Crippen molar-refractivity contribution in [2.75, 3.05) is 32.0 Å². The molecule has 33 heavy (non-hydrogen) atoms. The number of carbonyl (C=O) groups excluding carboxylic acids is 1. The number of Topliss-reactive ketones (excluding diaryl/α,β-unsaturated/α-hetero) is 1. The second-order valence-electron chi connectivity index (χ2n) is 8.11. The third-order valence-electron chi connectivity index (χ3n) is 6.31. The molecule has 0 amide bonds. The molecule has 1 aliphatic carbocycles. The molecule has 3 aromatic rings. The molecule has 1 aromatic heterocycles. The molecule has 5 rings (SSSR count). The normalized spacial score (nSPS) is 21.5. The lowest BCUT2D eigenvalue weighted by molar-refractivity contribution is -0.122. The van der Waals surface area contributed by atoms with Crippen LogP contribution >= 0.6 is 11.3 Å². The molecule has 0 spiro atoms. The lowest BCUT2D eigenvalue weighted by Crippen LogP contribution is -2.34. The van der Waals surface area contributed by atoms with Gasteiger partial charge in [-0.25, -0.2) is 0 Å². The highest BCUT2D eigenvalue weighted by Gasteiger charge is 2.41. The van der Waals surface area contributed by atoms with Gasteiger partial charge in [0.15, 0.2) is 11.5 Å². The van der Waals surface area contributed by atoms with Crippen LogP contribution in [0.1, 0.15) is 28.8 Å². The quantitative estimate of drug-likeness (QED) is 0.514. The van der Waals surface area contributed by atoms with E-state index in [0.29, 0.717) is 23.7 Å². The molecule has 2 aromatic carbocycles. The maximum Gasteiger partial charge on any atom is 0.203 e. The average molecular weight is 463 g/mol. The number of nitrogens with one attached hydrogen (secondary N) is 2. The van der Waals surface area contributed by atoms with Crippen molar-refractivity contribution in [2.45, 2.75) is 18.4 Å². The third kappa shape index (κ3) is 3.72. The standard InChI is InChI=1S/C26H26N2O4S/c1-30-21-11-10-16(25(31-2)26(21)32-3)24-23-19(27-17-7-4-5-8-18(17)28-24)13-15(14-20(23)29)22-9-6-12-33-22/h4-13,15,23-24,27-28H,14H2,1-3H3. The van der Waals surface area contributed by atoms with Gasteiger partial charge < -0.3 is 24.8 Å². The Balaban J connectivity index is 1.68. The van der Waals surface area contributed by atoms with E-state index in [0.717, 1.165) is 22.6 Å². The molecule has 0 fully saturated rings. The van der Waals surface area contributed by atoms with Gasteiger partial charge in [-0.05, 0) is 35.7 Å². The molecule has 0 saturated carbocycles. The molecule has 0 radical (unpaired) electrons. The Morgan fingerprint density at radius 2 is 1.70 bits per heavy atom. The Kier molecular flexibility index (Phi) is 5.72. The zero-order valence-corrected chi connectivity index (χ0v) is 19.6. The Hall–Kier alpha value is -3.45. The van der Waals surface area contributed by atoms with Gasteiger partial charge in [0.05, 0.1) is 44.7 Å². The summed E-state index contributed by atoms with van der Waals surface area (Å²) in [5, 5.41) is 9.23. The van der Waals surface area contributed by atoms with E-state index in [1.54, 1.807) is 32.7 Å². The van der Waals surface area contributed by atoms with Crippen LogP contribution in [0.15, 0.2) is 65.7 Å². The average Bonchev–Trinajstić information content (AvgIpc) is 3.32. The molecule has 2 aliphatic rings. The summed E-state index contributed by atoms with van der Waals surface area (Å²) in [5.74, 6) is 1.49. The number of anilines is 2. The number of ether oxygens (including phenoxy) is 3. The first-order valence-electron chi connectivity index (χ1n) is 10.8. The predicted octanol–water partition coefficient (Wildman–Crippen LogP) is 5.61. The molecule has 1 aliphatic heterocycles. The van der Waals surface area contributed by atoms with Crippen molar-refractivity contribution in [2.24, 2.45) is 5.92 Å². The molecule has 3 atom stereocenters. The van der Waals surface area contributed by atoms with Crippen molar-refractivity contribution in [1.82, 2.24) is 0 Å². The molecule has 3 unspecified atom stereocenters. The second-order valence-corrected chi connectivity index (χ2v) is 9.09. The van der Waals surface area contributed by atoms with E-state index in [-0.39, 0.29) is 17.7 Å². The van der Waals surface area contributed by atoms with Gasteiger partial charge in [0.25, 0.3) is 0 Å². The fraction of sp³-hybridized carbons (Fsp3) is 0.269. The van der Waals surface area contributed by atoms with Crippen molar-refractivity contribution in [3.8, 4) is 17.2 Å². The zero-order chi connectivity index (χ0) is 22.9. The number of thiophene rings is 1. The lowest BCUT2D eigenvalue weighted by atomic mass is 9.77. The summed E-state index contributed by atoms with van der Waals surface area (Å²) in [5.41, 5.74) is 3.61. The minimum absolute atomic E-state index is 0.0643. The SMILES string of the molecule is COc1ccc(C2Nc3ccccc3NC3=CC(c4cccs4)CC(=O)C32)c(OC)c1OC. The van der Waals surface area contributed by atoms with Crippen molar-refractivity contribution in [1.29, 1.82) is 0 Å². The summed E-state index contributed by atoms with van der Waals surface area (Å²) < 4.78 is 16.9. The van der Waals surface area contributed by atoms with E-state index in [4.69, 9.17) is 14.2 Å². The van der Waals surface area contributed by atoms with Crippen LogP contribution in [0.2, 0.25) is 0 Å². The van der Waals surface area contributed by atoms with E-state index >= 15 is 0 Å². The molecular weight excluding hydrogens is 436 g/mol. The summed E-state index contributed by atoms with van der Waals surface area (Å²) in [4.78, 5) is 14.9. The van der Waals surface area contributed by atoms with Gasteiger partial charge in [0.2, 0.25) is 5.75 Å². The Labute approximate surface area is 197 Å². The van der Waals surface area contributed by atoms with Gasteiger partial charge in [0, 0.05) is 28.5 Å². The highest BCUT2D eigenvalue weighted by Crippen LogP contribution is 2.49. The second kappa shape index (κ2) is 8.83. The largest absolute Gasteiger partial charge is 0.493 e. The van der Waals surface area contributed by atoms with Gasteiger partial charge >= 0.3 is 0 Å². The maximum absolute atomic E-state index is 13.7. The number of carbonyl (C=O) groups is 1. The first-order valence-corrected chi connectivity index (χ1v) is 11.7. The Morgan fingerprint density at radius 3 is 2.39 bits per heavy atom. The maximum atomic E-state index is 13.7. The van der Waals surface area contributed by atoms with Crippen LogP contribution in [0.5, 0.6) is 17.2 Å². The van der Waals surface area contributed by atoms with Crippen LogP contribution in [0.4, 0.5) is 11.4 Å². The number of methoxy groups -OCH3 is 3. The number of hydrogen-bond donors (Lipinski definition) is 2. The van der Waals surface area contributed by atoms with Crippen LogP contribution < -0.4 is 24.8 Å². The van der Waals surface area contributed by atoms with Crippen molar-refractivity contribution >= 4 is 28.5 Å². The Bertz CT molecular complexity index is 1210. The number of para-hydroxylation sites is 2. The van der Waals surface area contributed by atoms with Crippen molar-refractivity contribution in [3.05, 3.63) is 76.1 Å². The van der Waals surface area contributed by atoms with Crippen LogP contribution in [0.3, 0.4) is 0 Å². The van der Waals surface area contributed by atoms with Gasteiger partial charge in [-0.1, -0.05) is 24.3 Å². The summed E-state index contributed by atoms with van der Waals surface area (Å²) >= 11 is 1.68. The minimum atomic E-state index is -0.402. The number of benzene rings is 2. The number of fused-ring (bicyclic) bond motifs is 2. The summed E-state index contributed by atoms with van der Waals surface area (Å²) in [6.07, 6.45) is 2.67. The molecular formula is C26H26N2O4S. The number of rotatable bonds is 5.